The van der Waals surface area contributed by atoms with E-state index in [1.807, 2.05) is 0 Å². The standard InChI is InChI=1S/C15H20F3N/c1-14(2)9-7-11(8-10-14)19-13-6-4-3-5-12(13)15(16,17)18/h3-6,11,19H,7-10H2,1-2H3. The zero-order valence-electron chi connectivity index (χ0n) is 11.3. The van der Waals surface area contributed by atoms with Crippen molar-refractivity contribution in [3.63, 3.8) is 0 Å². The first-order valence-corrected chi connectivity index (χ1v) is 6.71. The van der Waals surface area contributed by atoms with Gasteiger partial charge in [0.15, 0.2) is 0 Å². The van der Waals surface area contributed by atoms with Crippen molar-refractivity contribution in [2.24, 2.45) is 5.41 Å². The smallest absolute Gasteiger partial charge is 0.382 e. The summed E-state index contributed by atoms with van der Waals surface area (Å²) in [5.41, 5.74) is -0.0404. The molecule has 1 saturated carbocycles. The number of para-hydroxylation sites is 1. The summed E-state index contributed by atoms with van der Waals surface area (Å²) in [5.74, 6) is 0. The van der Waals surface area contributed by atoms with Crippen LogP contribution in [0.15, 0.2) is 24.3 Å². The van der Waals surface area contributed by atoms with E-state index in [0.717, 1.165) is 31.7 Å². The van der Waals surface area contributed by atoms with Gasteiger partial charge in [-0.15, -0.1) is 0 Å². The largest absolute Gasteiger partial charge is 0.418 e. The van der Waals surface area contributed by atoms with Crippen molar-refractivity contribution in [3.8, 4) is 0 Å². The average molecular weight is 271 g/mol. The Balaban J connectivity index is 2.08. The van der Waals surface area contributed by atoms with E-state index < -0.39 is 11.7 Å². The number of anilines is 1. The van der Waals surface area contributed by atoms with Gasteiger partial charge in [-0.1, -0.05) is 26.0 Å². The van der Waals surface area contributed by atoms with E-state index in [2.05, 4.69) is 19.2 Å². The summed E-state index contributed by atoms with van der Waals surface area (Å²) in [4.78, 5) is 0. The molecule has 1 fully saturated rings. The number of rotatable bonds is 2. The molecule has 106 valence electrons. The Bertz CT molecular complexity index is 427. The van der Waals surface area contributed by atoms with Crippen molar-refractivity contribution in [3.05, 3.63) is 29.8 Å². The molecule has 1 aromatic carbocycles. The number of halogens is 3. The Labute approximate surface area is 112 Å². The highest BCUT2D eigenvalue weighted by atomic mass is 19.4. The molecule has 1 aliphatic carbocycles. The minimum Gasteiger partial charge on any atom is -0.382 e. The predicted molar refractivity (Wildman–Crippen MR) is 71.1 cm³/mol. The maximum atomic E-state index is 12.9. The molecule has 1 nitrogen and oxygen atoms in total. The highest BCUT2D eigenvalue weighted by Gasteiger charge is 2.34. The summed E-state index contributed by atoms with van der Waals surface area (Å²) < 4.78 is 38.7. The topological polar surface area (TPSA) is 12.0 Å². The second kappa shape index (κ2) is 5.06. The van der Waals surface area contributed by atoms with Crippen LogP contribution in [0.3, 0.4) is 0 Å². The van der Waals surface area contributed by atoms with E-state index in [-0.39, 0.29) is 11.7 Å². The Hall–Kier alpha value is -1.19. The quantitative estimate of drug-likeness (QED) is 0.790. The minimum absolute atomic E-state index is 0.150. The molecule has 2 rings (SSSR count). The molecule has 0 unspecified atom stereocenters. The van der Waals surface area contributed by atoms with E-state index in [4.69, 9.17) is 0 Å². The lowest BCUT2D eigenvalue weighted by Crippen LogP contribution is -2.30. The highest BCUT2D eigenvalue weighted by Crippen LogP contribution is 2.38. The van der Waals surface area contributed by atoms with Gasteiger partial charge in [-0.05, 0) is 43.2 Å². The van der Waals surface area contributed by atoms with Crippen molar-refractivity contribution in [1.29, 1.82) is 0 Å². The summed E-state index contributed by atoms with van der Waals surface area (Å²) in [6.07, 6.45) is -0.326. The normalized spacial score (nSPS) is 20.3. The first kappa shape index (κ1) is 14.2. The number of alkyl halides is 3. The third-order valence-electron chi connectivity index (χ3n) is 3.93. The number of benzene rings is 1. The summed E-state index contributed by atoms with van der Waals surface area (Å²) in [6, 6.07) is 5.87. The Kier molecular flexibility index (Phi) is 3.79. The van der Waals surface area contributed by atoms with Gasteiger partial charge in [0, 0.05) is 11.7 Å². The van der Waals surface area contributed by atoms with E-state index in [1.165, 1.54) is 12.1 Å². The maximum absolute atomic E-state index is 12.9. The summed E-state index contributed by atoms with van der Waals surface area (Å²) in [5, 5.41) is 3.07. The summed E-state index contributed by atoms with van der Waals surface area (Å²) in [7, 11) is 0. The Morgan fingerprint density at radius 3 is 2.26 bits per heavy atom. The SMILES string of the molecule is CC1(C)CCC(Nc2ccccc2C(F)(F)F)CC1. The van der Waals surface area contributed by atoms with Crippen LogP contribution < -0.4 is 5.32 Å². The third kappa shape index (κ3) is 3.64. The van der Waals surface area contributed by atoms with Crippen molar-refractivity contribution < 1.29 is 13.2 Å². The van der Waals surface area contributed by atoms with Crippen molar-refractivity contribution in [2.75, 3.05) is 5.32 Å². The third-order valence-corrected chi connectivity index (χ3v) is 3.93. The Morgan fingerprint density at radius 1 is 1.11 bits per heavy atom. The molecule has 0 amide bonds. The maximum Gasteiger partial charge on any atom is 0.418 e. The molecule has 1 aliphatic rings. The van der Waals surface area contributed by atoms with E-state index >= 15 is 0 Å². The second-order valence-corrected chi connectivity index (χ2v) is 6.13. The molecule has 1 aromatic rings. The molecule has 0 radical (unpaired) electrons. The van der Waals surface area contributed by atoms with Gasteiger partial charge in [0.2, 0.25) is 0 Å². The number of hydrogen-bond donors (Lipinski definition) is 1. The molecule has 0 heterocycles. The van der Waals surface area contributed by atoms with Crippen molar-refractivity contribution in [1.82, 2.24) is 0 Å². The molecule has 0 aromatic heterocycles. The van der Waals surface area contributed by atoms with Crippen LogP contribution in [-0.2, 0) is 6.18 Å². The second-order valence-electron chi connectivity index (χ2n) is 6.13. The van der Waals surface area contributed by atoms with Gasteiger partial charge >= 0.3 is 6.18 Å². The molecular weight excluding hydrogens is 251 g/mol. The lowest BCUT2D eigenvalue weighted by molar-refractivity contribution is -0.137. The fourth-order valence-electron chi connectivity index (χ4n) is 2.62. The van der Waals surface area contributed by atoms with Crippen LogP contribution in [0, 0.1) is 5.41 Å². The van der Waals surface area contributed by atoms with Gasteiger partial charge in [-0.3, -0.25) is 0 Å². The minimum atomic E-state index is -4.29. The van der Waals surface area contributed by atoms with E-state index in [0.29, 0.717) is 5.41 Å². The first-order valence-electron chi connectivity index (χ1n) is 6.71. The first-order chi connectivity index (χ1) is 8.78. The van der Waals surface area contributed by atoms with Gasteiger partial charge in [0.05, 0.1) is 5.56 Å². The molecular formula is C15H20F3N. The number of hydrogen-bond acceptors (Lipinski definition) is 1. The number of nitrogens with one attached hydrogen (secondary N) is 1. The fourth-order valence-corrected chi connectivity index (χ4v) is 2.62. The molecule has 0 atom stereocenters. The van der Waals surface area contributed by atoms with Crippen LogP contribution in [0.25, 0.3) is 0 Å². The van der Waals surface area contributed by atoms with Crippen LogP contribution in [0.4, 0.5) is 18.9 Å². The molecule has 0 aliphatic heterocycles. The van der Waals surface area contributed by atoms with Crippen LogP contribution in [0.5, 0.6) is 0 Å². The monoisotopic (exact) mass is 271 g/mol. The van der Waals surface area contributed by atoms with Crippen LogP contribution >= 0.6 is 0 Å². The molecule has 19 heavy (non-hydrogen) atoms. The van der Waals surface area contributed by atoms with Gasteiger partial charge < -0.3 is 5.32 Å². The average Bonchev–Trinajstić information content (AvgIpc) is 2.31. The zero-order valence-corrected chi connectivity index (χ0v) is 11.3. The highest BCUT2D eigenvalue weighted by molar-refractivity contribution is 5.53. The lowest BCUT2D eigenvalue weighted by atomic mass is 9.75. The van der Waals surface area contributed by atoms with Crippen LogP contribution in [0.2, 0.25) is 0 Å². The van der Waals surface area contributed by atoms with Crippen molar-refractivity contribution >= 4 is 5.69 Å². The molecule has 4 heteroatoms. The predicted octanol–water partition coefficient (Wildman–Crippen LogP) is 5.09. The lowest BCUT2D eigenvalue weighted by Gasteiger charge is -2.35. The Morgan fingerprint density at radius 2 is 1.68 bits per heavy atom. The van der Waals surface area contributed by atoms with Crippen molar-refractivity contribution in [2.45, 2.75) is 51.7 Å². The summed E-state index contributed by atoms with van der Waals surface area (Å²) >= 11 is 0. The van der Waals surface area contributed by atoms with Crippen LogP contribution in [0.1, 0.15) is 45.1 Å². The molecule has 0 bridgehead atoms. The van der Waals surface area contributed by atoms with Gasteiger partial charge in [-0.2, -0.15) is 13.2 Å². The molecule has 1 N–H and O–H groups in total. The zero-order chi connectivity index (χ0) is 14.1. The van der Waals surface area contributed by atoms with Gasteiger partial charge in [-0.25, -0.2) is 0 Å². The van der Waals surface area contributed by atoms with Gasteiger partial charge in [0.1, 0.15) is 0 Å². The summed E-state index contributed by atoms with van der Waals surface area (Å²) in [6.45, 7) is 4.43. The molecule has 0 saturated heterocycles. The van der Waals surface area contributed by atoms with Crippen LogP contribution in [-0.4, -0.2) is 6.04 Å². The fraction of sp³-hybridized carbons (Fsp3) is 0.600. The van der Waals surface area contributed by atoms with Gasteiger partial charge in [0.25, 0.3) is 0 Å². The molecule has 0 spiro atoms. The van der Waals surface area contributed by atoms with E-state index in [9.17, 15) is 13.2 Å². The van der Waals surface area contributed by atoms with E-state index in [1.54, 1.807) is 6.07 Å².